The van der Waals surface area contributed by atoms with Crippen LogP contribution < -0.4 is 0 Å². The van der Waals surface area contributed by atoms with Crippen molar-refractivity contribution < 1.29 is 9.84 Å². The molecule has 1 N–H and O–H groups in total. The summed E-state index contributed by atoms with van der Waals surface area (Å²) in [7, 11) is 2.24. The van der Waals surface area contributed by atoms with E-state index >= 15 is 0 Å². The minimum Gasteiger partial charge on any atom is -0.393 e. The van der Waals surface area contributed by atoms with Crippen LogP contribution in [0.5, 0.6) is 0 Å². The Labute approximate surface area is 124 Å². The van der Waals surface area contributed by atoms with E-state index in [9.17, 15) is 5.11 Å². The van der Waals surface area contributed by atoms with Gasteiger partial charge in [0.1, 0.15) is 0 Å². The Morgan fingerprint density at radius 1 is 1.30 bits per heavy atom. The predicted molar refractivity (Wildman–Crippen MR) is 82.8 cm³/mol. The molecule has 0 aromatic carbocycles. The van der Waals surface area contributed by atoms with Crippen LogP contribution in [0.4, 0.5) is 0 Å². The van der Waals surface area contributed by atoms with Gasteiger partial charge in [-0.25, -0.2) is 0 Å². The number of nitrogens with zero attached hydrogens (tertiary/aromatic N) is 1. The highest BCUT2D eigenvalue weighted by Gasteiger charge is 2.43. The van der Waals surface area contributed by atoms with Crippen molar-refractivity contribution in [3.8, 4) is 0 Å². The smallest absolute Gasteiger partial charge is 0.0555 e. The molecule has 0 aromatic rings. The first kappa shape index (κ1) is 16.3. The summed E-state index contributed by atoms with van der Waals surface area (Å²) in [5, 5.41) is 10.1. The van der Waals surface area contributed by atoms with Gasteiger partial charge in [-0.15, -0.1) is 0 Å². The Morgan fingerprint density at radius 2 is 1.95 bits per heavy atom. The first-order valence-corrected chi connectivity index (χ1v) is 8.23. The minimum absolute atomic E-state index is 0.114. The summed E-state index contributed by atoms with van der Waals surface area (Å²) in [6.07, 6.45) is 4.15. The number of aliphatic hydroxyl groups excluding tert-OH is 1. The molecule has 2 fully saturated rings. The Bertz CT molecular complexity index is 325. The summed E-state index contributed by atoms with van der Waals surface area (Å²) >= 11 is 0. The van der Waals surface area contributed by atoms with Crippen molar-refractivity contribution in [2.24, 2.45) is 16.7 Å². The van der Waals surface area contributed by atoms with E-state index in [-0.39, 0.29) is 6.10 Å². The van der Waals surface area contributed by atoms with E-state index < -0.39 is 0 Å². The maximum absolute atomic E-state index is 10.1. The molecule has 0 bridgehead atoms. The van der Waals surface area contributed by atoms with Gasteiger partial charge in [-0.05, 0) is 37.6 Å². The maximum Gasteiger partial charge on any atom is 0.0555 e. The summed E-state index contributed by atoms with van der Waals surface area (Å²) in [6.45, 7) is 12.2. The van der Waals surface area contributed by atoms with Crippen molar-refractivity contribution >= 4 is 0 Å². The predicted octanol–water partition coefficient (Wildman–Crippen LogP) is 2.92. The Balaban J connectivity index is 2.06. The number of hydrogen-bond donors (Lipinski definition) is 1. The molecule has 1 saturated carbocycles. The van der Waals surface area contributed by atoms with Crippen LogP contribution in [-0.2, 0) is 4.74 Å². The number of hydrogen-bond acceptors (Lipinski definition) is 3. The van der Waals surface area contributed by atoms with E-state index in [1.165, 1.54) is 6.42 Å². The lowest BCUT2D eigenvalue weighted by molar-refractivity contribution is -0.125. The maximum atomic E-state index is 10.1. The van der Waals surface area contributed by atoms with Gasteiger partial charge in [-0.2, -0.15) is 0 Å². The molecule has 20 heavy (non-hydrogen) atoms. The van der Waals surface area contributed by atoms with E-state index in [4.69, 9.17) is 4.74 Å². The van der Waals surface area contributed by atoms with Crippen LogP contribution in [0.25, 0.3) is 0 Å². The second kappa shape index (κ2) is 5.94. The number of ether oxygens (including phenoxy) is 1. The van der Waals surface area contributed by atoms with E-state index in [0.29, 0.717) is 22.8 Å². The van der Waals surface area contributed by atoms with Crippen molar-refractivity contribution in [1.29, 1.82) is 0 Å². The van der Waals surface area contributed by atoms with Gasteiger partial charge in [0, 0.05) is 18.0 Å². The highest BCUT2D eigenvalue weighted by Crippen LogP contribution is 2.43. The van der Waals surface area contributed by atoms with Crippen molar-refractivity contribution in [3.05, 3.63) is 0 Å². The fourth-order valence-corrected chi connectivity index (χ4v) is 4.05. The van der Waals surface area contributed by atoms with Crippen LogP contribution >= 0.6 is 0 Å². The van der Waals surface area contributed by atoms with Crippen LogP contribution in [0, 0.1) is 16.7 Å². The quantitative estimate of drug-likeness (QED) is 0.842. The molecule has 2 rings (SSSR count). The summed E-state index contributed by atoms with van der Waals surface area (Å²) in [4.78, 5) is 2.51. The zero-order valence-corrected chi connectivity index (χ0v) is 14.0. The molecule has 1 saturated heterocycles. The number of aliphatic hydroxyl groups is 1. The Morgan fingerprint density at radius 3 is 2.45 bits per heavy atom. The fourth-order valence-electron chi connectivity index (χ4n) is 4.05. The van der Waals surface area contributed by atoms with Gasteiger partial charge < -0.3 is 14.7 Å². The van der Waals surface area contributed by atoms with E-state index in [1.54, 1.807) is 0 Å². The Kier molecular flexibility index (Phi) is 4.83. The molecule has 0 spiro atoms. The van der Waals surface area contributed by atoms with Gasteiger partial charge in [-0.3, -0.25) is 0 Å². The van der Waals surface area contributed by atoms with E-state index in [1.807, 2.05) is 0 Å². The second-order valence-corrected chi connectivity index (χ2v) is 8.20. The molecule has 1 heterocycles. The SMILES string of the molecule is CCC(C)(C)C1CCC(O)CC1N(C)CC1(C)COC1. The molecular weight excluding hydrogens is 250 g/mol. The molecule has 3 heteroatoms. The summed E-state index contributed by atoms with van der Waals surface area (Å²) in [5.74, 6) is 0.686. The van der Waals surface area contributed by atoms with Crippen LogP contribution in [0.15, 0.2) is 0 Å². The molecular formula is C17H33NO2. The van der Waals surface area contributed by atoms with Crippen molar-refractivity contribution in [2.45, 2.75) is 65.5 Å². The monoisotopic (exact) mass is 283 g/mol. The molecule has 2 aliphatic rings. The summed E-state index contributed by atoms with van der Waals surface area (Å²) in [5.41, 5.74) is 0.675. The molecule has 0 aromatic heterocycles. The average Bonchev–Trinajstić information content (AvgIpc) is 2.36. The highest BCUT2D eigenvalue weighted by molar-refractivity contribution is 4.95. The third-order valence-electron chi connectivity index (χ3n) is 5.80. The third-order valence-corrected chi connectivity index (χ3v) is 5.80. The summed E-state index contributed by atoms with van der Waals surface area (Å²) < 4.78 is 5.39. The van der Waals surface area contributed by atoms with E-state index in [2.05, 4.69) is 39.6 Å². The molecule has 0 radical (unpaired) electrons. The van der Waals surface area contributed by atoms with Crippen LogP contribution in [0.2, 0.25) is 0 Å². The van der Waals surface area contributed by atoms with Gasteiger partial charge in [0.25, 0.3) is 0 Å². The number of rotatable bonds is 5. The summed E-state index contributed by atoms with van der Waals surface area (Å²) in [6, 6.07) is 0.506. The lowest BCUT2D eigenvalue weighted by Crippen LogP contribution is -2.55. The first-order valence-electron chi connectivity index (χ1n) is 8.23. The van der Waals surface area contributed by atoms with Crippen LogP contribution in [0.3, 0.4) is 0 Å². The zero-order valence-electron chi connectivity index (χ0n) is 14.0. The Hall–Kier alpha value is -0.120. The van der Waals surface area contributed by atoms with Gasteiger partial charge in [0.05, 0.1) is 19.3 Å². The first-order chi connectivity index (χ1) is 9.27. The van der Waals surface area contributed by atoms with Crippen LogP contribution in [-0.4, -0.2) is 49.0 Å². The van der Waals surface area contributed by atoms with Crippen LogP contribution in [0.1, 0.15) is 53.4 Å². The second-order valence-electron chi connectivity index (χ2n) is 8.20. The molecule has 3 nitrogen and oxygen atoms in total. The normalized spacial score (nSPS) is 34.0. The average molecular weight is 283 g/mol. The van der Waals surface area contributed by atoms with Crippen molar-refractivity contribution in [3.63, 3.8) is 0 Å². The van der Waals surface area contributed by atoms with E-state index in [0.717, 1.165) is 39.0 Å². The molecule has 3 unspecified atom stereocenters. The minimum atomic E-state index is -0.114. The topological polar surface area (TPSA) is 32.7 Å². The molecule has 0 amide bonds. The third kappa shape index (κ3) is 3.37. The lowest BCUT2D eigenvalue weighted by atomic mass is 9.66. The van der Waals surface area contributed by atoms with Crippen molar-refractivity contribution in [1.82, 2.24) is 4.90 Å². The largest absolute Gasteiger partial charge is 0.393 e. The van der Waals surface area contributed by atoms with Gasteiger partial charge in [0.2, 0.25) is 0 Å². The van der Waals surface area contributed by atoms with Gasteiger partial charge >= 0.3 is 0 Å². The fraction of sp³-hybridized carbons (Fsp3) is 1.00. The van der Waals surface area contributed by atoms with Gasteiger partial charge in [-0.1, -0.05) is 34.1 Å². The molecule has 1 aliphatic carbocycles. The lowest BCUT2D eigenvalue weighted by Gasteiger charge is -2.50. The van der Waals surface area contributed by atoms with Crippen molar-refractivity contribution in [2.75, 3.05) is 26.8 Å². The standard InChI is InChI=1S/C17H33NO2/c1-6-16(2,3)14-8-7-13(19)9-15(14)18(5)10-17(4)11-20-12-17/h13-15,19H,6-12H2,1-5H3. The van der Waals surface area contributed by atoms with Gasteiger partial charge in [0.15, 0.2) is 0 Å². The molecule has 1 aliphatic heterocycles. The molecule has 3 atom stereocenters. The molecule has 118 valence electrons. The highest BCUT2D eigenvalue weighted by atomic mass is 16.5. The zero-order chi connectivity index (χ0) is 15.0.